The Hall–Kier alpha value is -1.94. The van der Waals surface area contributed by atoms with Crippen LogP contribution in [-0.4, -0.2) is 18.2 Å². The van der Waals surface area contributed by atoms with Gasteiger partial charge in [0.2, 0.25) is 15.8 Å². The number of pyridine rings is 1. The van der Waals surface area contributed by atoms with E-state index in [0.717, 1.165) is 38.5 Å². The third-order valence-corrected chi connectivity index (χ3v) is 8.43. The summed E-state index contributed by atoms with van der Waals surface area (Å²) >= 11 is 3.16. The predicted octanol–water partition coefficient (Wildman–Crippen LogP) is 5.43. The fourth-order valence-electron chi connectivity index (χ4n) is 4.41. The van der Waals surface area contributed by atoms with Crippen LogP contribution >= 0.6 is 15.9 Å². The van der Waals surface area contributed by atoms with Gasteiger partial charge in [-0.15, -0.1) is 0 Å². The Morgan fingerprint density at radius 1 is 1.00 bits per heavy atom. The Bertz CT molecular complexity index is 1140. The number of anilines is 3. The van der Waals surface area contributed by atoms with E-state index in [-0.39, 0.29) is 23.1 Å². The third kappa shape index (κ3) is 4.64. The molecule has 0 unspecified atom stereocenters. The van der Waals surface area contributed by atoms with Crippen molar-refractivity contribution in [2.24, 2.45) is 0 Å². The van der Waals surface area contributed by atoms with E-state index in [1.54, 1.807) is 6.07 Å². The van der Waals surface area contributed by atoms with Gasteiger partial charge in [-0.2, -0.15) is 4.39 Å². The number of aromatic nitrogens is 1. The molecule has 4 rings (SSSR count). The minimum Gasteiger partial charge on any atom is -0.349 e. The van der Waals surface area contributed by atoms with Gasteiger partial charge in [0, 0.05) is 16.7 Å². The molecule has 1 aromatic carbocycles. The van der Waals surface area contributed by atoms with Crippen LogP contribution in [0.25, 0.3) is 0 Å². The standard InChI is InChI=1S/C21H24BrF2N3O3S/c22-13-9-10-17(16(23)11-13)25-20-18(26-31(29,30)15-7-3-4-8-15)12-27(21(28)19(20)24)14-5-1-2-6-14/h9-12,14-15,25-26H,1-8H2. The number of hydrogen-bond acceptors (Lipinski definition) is 4. The van der Waals surface area contributed by atoms with Crippen LogP contribution in [0.5, 0.6) is 0 Å². The zero-order valence-corrected chi connectivity index (χ0v) is 19.2. The van der Waals surface area contributed by atoms with Crippen LogP contribution in [0.4, 0.5) is 25.8 Å². The Morgan fingerprint density at radius 3 is 2.29 bits per heavy atom. The van der Waals surface area contributed by atoms with E-state index in [1.807, 2.05) is 0 Å². The smallest absolute Gasteiger partial charge is 0.289 e. The van der Waals surface area contributed by atoms with Gasteiger partial charge in [-0.3, -0.25) is 9.52 Å². The van der Waals surface area contributed by atoms with E-state index in [4.69, 9.17) is 0 Å². The molecule has 0 amide bonds. The number of rotatable bonds is 6. The maximum atomic E-state index is 15.3. The van der Waals surface area contributed by atoms with E-state index in [1.165, 1.54) is 22.9 Å². The van der Waals surface area contributed by atoms with Crippen molar-refractivity contribution >= 4 is 43.0 Å². The van der Waals surface area contributed by atoms with Crippen molar-refractivity contribution < 1.29 is 17.2 Å². The van der Waals surface area contributed by atoms with Crippen LogP contribution in [0.15, 0.2) is 33.7 Å². The van der Waals surface area contributed by atoms with Gasteiger partial charge in [-0.1, -0.05) is 41.6 Å². The highest BCUT2D eigenvalue weighted by molar-refractivity contribution is 9.10. The van der Waals surface area contributed by atoms with Gasteiger partial charge >= 0.3 is 0 Å². The first-order valence-corrected chi connectivity index (χ1v) is 12.8. The van der Waals surface area contributed by atoms with Gasteiger partial charge in [0.25, 0.3) is 5.56 Å². The molecular formula is C21H24BrF2N3O3S. The van der Waals surface area contributed by atoms with Crippen LogP contribution in [0.2, 0.25) is 0 Å². The Kier molecular flexibility index (Phi) is 6.39. The number of sulfonamides is 1. The van der Waals surface area contributed by atoms with Gasteiger partial charge in [0.05, 0.1) is 16.6 Å². The lowest BCUT2D eigenvalue weighted by molar-refractivity contribution is 0.479. The van der Waals surface area contributed by atoms with Gasteiger partial charge in [0.1, 0.15) is 11.5 Å². The van der Waals surface area contributed by atoms with E-state index in [0.29, 0.717) is 17.3 Å². The van der Waals surface area contributed by atoms with E-state index < -0.39 is 32.5 Å². The summed E-state index contributed by atoms with van der Waals surface area (Å²) in [7, 11) is -3.79. The lowest BCUT2D eigenvalue weighted by Crippen LogP contribution is -2.30. The fourth-order valence-corrected chi connectivity index (χ4v) is 6.33. The highest BCUT2D eigenvalue weighted by atomic mass is 79.9. The van der Waals surface area contributed by atoms with E-state index in [2.05, 4.69) is 26.0 Å². The molecule has 0 bridgehead atoms. The van der Waals surface area contributed by atoms with Crippen LogP contribution in [0, 0.1) is 11.6 Å². The minimum absolute atomic E-state index is 0.0681. The summed E-state index contributed by atoms with van der Waals surface area (Å²) in [6, 6.07) is 3.96. The fraction of sp³-hybridized carbons (Fsp3) is 0.476. The van der Waals surface area contributed by atoms with E-state index >= 15 is 4.39 Å². The molecule has 0 radical (unpaired) electrons. The van der Waals surface area contributed by atoms with Crippen LogP contribution in [-0.2, 0) is 10.0 Å². The average molecular weight is 516 g/mol. The first-order chi connectivity index (χ1) is 14.8. The molecular weight excluding hydrogens is 492 g/mol. The van der Waals surface area contributed by atoms with Crippen LogP contribution < -0.4 is 15.6 Å². The second-order valence-electron chi connectivity index (χ2n) is 8.19. The molecule has 10 heteroatoms. The summed E-state index contributed by atoms with van der Waals surface area (Å²) in [6.07, 6.45) is 7.34. The number of halogens is 3. The summed E-state index contributed by atoms with van der Waals surface area (Å²) < 4.78 is 59.7. The van der Waals surface area contributed by atoms with Crippen molar-refractivity contribution in [1.29, 1.82) is 0 Å². The largest absolute Gasteiger partial charge is 0.349 e. The normalized spacial score (nSPS) is 17.9. The van der Waals surface area contributed by atoms with Crippen LogP contribution in [0.1, 0.15) is 57.4 Å². The Morgan fingerprint density at radius 2 is 1.65 bits per heavy atom. The molecule has 2 saturated carbocycles. The minimum atomic E-state index is -3.79. The monoisotopic (exact) mass is 515 g/mol. The lowest BCUT2D eigenvalue weighted by atomic mass is 10.2. The van der Waals surface area contributed by atoms with E-state index in [9.17, 15) is 17.6 Å². The molecule has 2 N–H and O–H groups in total. The van der Waals surface area contributed by atoms with Gasteiger partial charge < -0.3 is 9.88 Å². The molecule has 2 fully saturated rings. The predicted molar refractivity (Wildman–Crippen MR) is 120 cm³/mol. The zero-order chi connectivity index (χ0) is 22.2. The topological polar surface area (TPSA) is 80.2 Å². The molecule has 31 heavy (non-hydrogen) atoms. The summed E-state index contributed by atoms with van der Waals surface area (Å²) in [5.41, 5.74) is -1.38. The van der Waals surface area contributed by atoms with Crippen molar-refractivity contribution in [3.05, 3.63) is 50.9 Å². The molecule has 2 aliphatic carbocycles. The second kappa shape index (κ2) is 8.90. The maximum Gasteiger partial charge on any atom is 0.289 e. The van der Waals surface area contributed by atoms with Crippen molar-refractivity contribution in [3.63, 3.8) is 0 Å². The highest BCUT2D eigenvalue weighted by Crippen LogP contribution is 2.35. The SMILES string of the molecule is O=c1c(F)c(Nc2ccc(Br)cc2F)c(NS(=O)(=O)C2CCCC2)cn1C1CCCC1. The lowest BCUT2D eigenvalue weighted by Gasteiger charge is -2.21. The number of nitrogens with zero attached hydrogens (tertiary/aromatic N) is 1. The third-order valence-electron chi connectivity index (χ3n) is 6.08. The second-order valence-corrected chi connectivity index (χ2v) is 11.1. The first kappa shape index (κ1) is 22.3. The zero-order valence-electron chi connectivity index (χ0n) is 16.8. The van der Waals surface area contributed by atoms with Gasteiger partial charge in [-0.25, -0.2) is 12.8 Å². The quantitative estimate of drug-likeness (QED) is 0.537. The molecule has 6 nitrogen and oxygen atoms in total. The molecule has 0 atom stereocenters. The van der Waals surface area contributed by atoms with Crippen molar-refractivity contribution in [3.8, 4) is 0 Å². The van der Waals surface area contributed by atoms with Crippen molar-refractivity contribution in [2.75, 3.05) is 10.0 Å². The summed E-state index contributed by atoms with van der Waals surface area (Å²) in [5.74, 6) is -1.81. The number of benzene rings is 1. The molecule has 2 aliphatic rings. The van der Waals surface area contributed by atoms with Gasteiger partial charge in [-0.05, 0) is 43.9 Å². The summed E-state index contributed by atoms with van der Waals surface area (Å²) in [4.78, 5) is 12.7. The molecule has 0 aliphatic heterocycles. The summed E-state index contributed by atoms with van der Waals surface area (Å²) in [5, 5.41) is 2.03. The number of hydrogen-bond donors (Lipinski definition) is 2. The molecule has 1 aromatic heterocycles. The average Bonchev–Trinajstić information content (AvgIpc) is 3.43. The maximum absolute atomic E-state index is 15.3. The highest BCUT2D eigenvalue weighted by Gasteiger charge is 2.31. The Balaban J connectivity index is 1.79. The first-order valence-electron chi connectivity index (χ1n) is 10.4. The molecule has 1 heterocycles. The van der Waals surface area contributed by atoms with Crippen molar-refractivity contribution in [1.82, 2.24) is 4.57 Å². The number of nitrogens with one attached hydrogen (secondary N) is 2. The Labute approximate surface area is 188 Å². The molecule has 2 aromatic rings. The molecule has 0 spiro atoms. The van der Waals surface area contributed by atoms with Gasteiger partial charge in [0.15, 0.2) is 0 Å². The van der Waals surface area contributed by atoms with Crippen molar-refractivity contribution in [2.45, 2.75) is 62.7 Å². The summed E-state index contributed by atoms with van der Waals surface area (Å²) in [6.45, 7) is 0. The molecule has 0 saturated heterocycles. The molecule has 168 valence electrons. The van der Waals surface area contributed by atoms with Crippen LogP contribution in [0.3, 0.4) is 0 Å².